The molecule has 0 spiro atoms. The molecule has 1 aromatic rings. The molecule has 4 nitrogen and oxygen atoms in total. The van der Waals surface area contributed by atoms with E-state index in [0.717, 1.165) is 23.6 Å². The van der Waals surface area contributed by atoms with Crippen molar-refractivity contribution in [1.29, 1.82) is 0 Å². The normalized spacial score (nSPS) is 16.5. The Morgan fingerprint density at radius 3 is 2.68 bits per heavy atom. The van der Waals surface area contributed by atoms with E-state index in [4.69, 9.17) is 10.5 Å². The topological polar surface area (TPSA) is 64.4 Å². The molecule has 0 aromatic heterocycles. The smallest absolute Gasteiger partial charge is 0.241 e. The second kappa shape index (κ2) is 9.01. The number of aryl methyl sites for hydroxylation is 1. The molecular weight excluding hydrogens is 300 g/mol. The van der Waals surface area contributed by atoms with Crippen LogP contribution in [0.5, 0.6) is 5.75 Å². The van der Waals surface area contributed by atoms with Gasteiger partial charge in [-0.25, -0.2) is 0 Å². The van der Waals surface area contributed by atoms with Gasteiger partial charge in [0.05, 0.1) is 12.6 Å². The van der Waals surface area contributed by atoms with Gasteiger partial charge in [0.15, 0.2) is 0 Å². The van der Waals surface area contributed by atoms with E-state index in [9.17, 15) is 4.79 Å². The van der Waals surface area contributed by atoms with Crippen molar-refractivity contribution in [1.82, 2.24) is 0 Å². The fourth-order valence-electron chi connectivity index (χ4n) is 2.65. The summed E-state index contributed by atoms with van der Waals surface area (Å²) < 4.78 is 5.98. The first kappa shape index (κ1) is 18.8. The Labute approximate surface area is 139 Å². The Bertz CT molecular complexity index is 486. The summed E-state index contributed by atoms with van der Waals surface area (Å²) in [5.41, 5.74) is 7.39. The lowest BCUT2D eigenvalue weighted by atomic mass is 9.90. The second-order valence-electron chi connectivity index (χ2n) is 6.07. The minimum Gasteiger partial charge on any atom is -0.493 e. The molecule has 5 heteroatoms. The van der Waals surface area contributed by atoms with E-state index >= 15 is 0 Å². The van der Waals surface area contributed by atoms with E-state index in [2.05, 4.69) is 5.32 Å². The van der Waals surface area contributed by atoms with E-state index in [0.29, 0.717) is 5.92 Å². The molecule has 124 valence electrons. The molecule has 1 atom stereocenters. The van der Waals surface area contributed by atoms with Gasteiger partial charge in [0, 0.05) is 11.8 Å². The molecule has 2 rings (SSSR count). The number of nitrogens with two attached hydrogens (primary N) is 1. The van der Waals surface area contributed by atoms with Crippen LogP contribution in [0.25, 0.3) is 0 Å². The minimum atomic E-state index is -0.516. The Kier molecular flexibility index (Phi) is 7.69. The van der Waals surface area contributed by atoms with E-state index < -0.39 is 6.04 Å². The third kappa shape index (κ3) is 5.50. The van der Waals surface area contributed by atoms with Crippen LogP contribution in [-0.2, 0) is 4.79 Å². The van der Waals surface area contributed by atoms with Crippen molar-refractivity contribution < 1.29 is 9.53 Å². The number of nitrogens with one attached hydrogen (secondary N) is 1. The summed E-state index contributed by atoms with van der Waals surface area (Å²) >= 11 is 0. The lowest BCUT2D eigenvalue weighted by Gasteiger charge is -2.22. The van der Waals surface area contributed by atoms with Crippen LogP contribution in [0.1, 0.15) is 44.6 Å². The van der Waals surface area contributed by atoms with Crippen molar-refractivity contribution in [2.45, 2.75) is 52.0 Å². The van der Waals surface area contributed by atoms with Crippen LogP contribution in [0.15, 0.2) is 18.2 Å². The van der Waals surface area contributed by atoms with Gasteiger partial charge in [-0.2, -0.15) is 0 Å². The van der Waals surface area contributed by atoms with Crippen LogP contribution in [0.3, 0.4) is 0 Å². The largest absolute Gasteiger partial charge is 0.493 e. The standard InChI is InChI=1S/C17H26N2O2.ClH/c1-12-8-9-15(19-17(20)13(2)18)10-16(12)21-11-14-6-4-3-5-7-14;/h8-10,13-14H,3-7,11,18H2,1-2H3,(H,19,20);1H/t13-;/m0./s1. The maximum atomic E-state index is 11.6. The van der Waals surface area contributed by atoms with Crippen molar-refractivity contribution in [3.63, 3.8) is 0 Å². The fraction of sp³-hybridized carbons (Fsp3) is 0.588. The molecule has 1 amide bonds. The molecule has 0 heterocycles. The number of carbonyl (C=O) groups is 1. The highest BCUT2D eigenvalue weighted by Crippen LogP contribution is 2.27. The second-order valence-corrected chi connectivity index (χ2v) is 6.07. The summed E-state index contributed by atoms with van der Waals surface area (Å²) in [6, 6.07) is 5.21. The summed E-state index contributed by atoms with van der Waals surface area (Å²) in [6.07, 6.45) is 6.52. The number of ether oxygens (including phenoxy) is 1. The molecule has 1 saturated carbocycles. The predicted molar refractivity (Wildman–Crippen MR) is 92.8 cm³/mol. The monoisotopic (exact) mass is 326 g/mol. The molecule has 1 aliphatic carbocycles. The average molecular weight is 327 g/mol. The quantitative estimate of drug-likeness (QED) is 0.867. The van der Waals surface area contributed by atoms with Gasteiger partial charge in [-0.3, -0.25) is 4.79 Å². The van der Waals surface area contributed by atoms with E-state index in [-0.39, 0.29) is 18.3 Å². The number of rotatable bonds is 5. The number of amides is 1. The third-order valence-electron chi connectivity index (χ3n) is 4.07. The van der Waals surface area contributed by atoms with E-state index in [1.807, 2.05) is 25.1 Å². The Morgan fingerprint density at radius 1 is 1.36 bits per heavy atom. The molecule has 0 bridgehead atoms. The SMILES string of the molecule is Cc1ccc(NC(=O)[C@H](C)N)cc1OCC1CCCCC1.Cl. The van der Waals surface area contributed by atoms with E-state index in [1.54, 1.807) is 6.92 Å². The first-order chi connectivity index (χ1) is 10.1. The van der Waals surface area contributed by atoms with Gasteiger partial charge in [-0.05, 0) is 44.2 Å². The van der Waals surface area contributed by atoms with Crippen molar-refractivity contribution in [3.8, 4) is 5.75 Å². The molecule has 0 saturated heterocycles. The predicted octanol–water partition coefficient (Wildman–Crippen LogP) is 3.66. The molecule has 0 unspecified atom stereocenters. The summed E-state index contributed by atoms with van der Waals surface area (Å²) in [6.45, 7) is 4.46. The Hall–Kier alpha value is -1.26. The molecule has 1 aromatic carbocycles. The highest BCUT2D eigenvalue weighted by molar-refractivity contribution is 5.94. The van der Waals surface area contributed by atoms with Crippen LogP contribution in [0.4, 0.5) is 5.69 Å². The molecular formula is C17H27ClN2O2. The van der Waals surface area contributed by atoms with Gasteiger partial charge in [0.1, 0.15) is 5.75 Å². The fourth-order valence-corrected chi connectivity index (χ4v) is 2.65. The van der Waals surface area contributed by atoms with Crippen molar-refractivity contribution in [2.75, 3.05) is 11.9 Å². The maximum Gasteiger partial charge on any atom is 0.241 e. The van der Waals surface area contributed by atoms with Crippen LogP contribution < -0.4 is 15.8 Å². The van der Waals surface area contributed by atoms with Crippen LogP contribution in [0.2, 0.25) is 0 Å². The molecule has 3 N–H and O–H groups in total. The highest BCUT2D eigenvalue weighted by atomic mass is 35.5. The minimum absolute atomic E-state index is 0. The van der Waals surface area contributed by atoms with Gasteiger partial charge in [0.25, 0.3) is 0 Å². The highest BCUT2D eigenvalue weighted by Gasteiger charge is 2.15. The van der Waals surface area contributed by atoms with Crippen LogP contribution in [-0.4, -0.2) is 18.6 Å². The Morgan fingerprint density at radius 2 is 2.05 bits per heavy atom. The lowest BCUT2D eigenvalue weighted by molar-refractivity contribution is -0.117. The van der Waals surface area contributed by atoms with Gasteiger partial charge in [-0.15, -0.1) is 12.4 Å². The Balaban J connectivity index is 0.00000242. The summed E-state index contributed by atoms with van der Waals surface area (Å²) in [5.74, 6) is 1.33. The summed E-state index contributed by atoms with van der Waals surface area (Å²) in [4.78, 5) is 11.6. The number of carbonyl (C=O) groups excluding carboxylic acids is 1. The summed E-state index contributed by atoms with van der Waals surface area (Å²) in [5, 5.41) is 2.80. The summed E-state index contributed by atoms with van der Waals surface area (Å²) in [7, 11) is 0. The van der Waals surface area contributed by atoms with Crippen LogP contribution >= 0.6 is 12.4 Å². The molecule has 22 heavy (non-hydrogen) atoms. The van der Waals surface area contributed by atoms with Gasteiger partial charge in [-0.1, -0.05) is 25.3 Å². The van der Waals surface area contributed by atoms with Crippen molar-refractivity contribution >= 4 is 24.0 Å². The molecule has 1 fully saturated rings. The zero-order valence-electron chi connectivity index (χ0n) is 13.4. The number of hydrogen-bond acceptors (Lipinski definition) is 3. The zero-order chi connectivity index (χ0) is 15.2. The van der Waals surface area contributed by atoms with Gasteiger partial charge >= 0.3 is 0 Å². The zero-order valence-corrected chi connectivity index (χ0v) is 14.2. The lowest BCUT2D eigenvalue weighted by Crippen LogP contribution is -2.32. The number of halogens is 1. The van der Waals surface area contributed by atoms with Crippen LogP contribution in [0, 0.1) is 12.8 Å². The first-order valence-corrected chi connectivity index (χ1v) is 7.86. The van der Waals surface area contributed by atoms with Gasteiger partial charge < -0.3 is 15.8 Å². The van der Waals surface area contributed by atoms with E-state index in [1.165, 1.54) is 32.1 Å². The molecule has 1 aliphatic rings. The number of hydrogen-bond donors (Lipinski definition) is 2. The average Bonchev–Trinajstić information content (AvgIpc) is 2.48. The maximum absolute atomic E-state index is 11.6. The van der Waals surface area contributed by atoms with Crippen molar-refractivity contribution in [3.05, 3.63) is 23.8 Å². The molecule has 0 aliphatic heterocycles. The third-order valence-corrected chi connectivity index (χ3v) is 4.07. The number of anilines is 1. The molecule has 0 radical (unpaired) electrons. The van der Waals surface area contributed by atoms with Crippen molar-refractivity contribution in [2.24, 2.45) is 11.7 Å². The first-order valence-electron chi connectivity index (χ1n) is 7.86. The van der Waals surface area contributed by atoms with Gasteiger partial charge in [0.2, 0.25) is 5.91 Å². The number of benzene rings is 1.